The Kier molecular flexibility index (Phi) is 3.77. The van der Waals surface area contributed by atoms with Crippen molar-refractivity contribution in [3.05, 3.63) is 24.0 Å². The van der Waals surface area contributed by atoms with Gasteiger partial charge in [0.25, 0.3) is 0 Å². The van der Waals surface area contributed by atoms with Gasteiger partial charge in [-0.15, -0.1) is 0 Å². The van der Waals surface area contributed by atoms with E-state index in [-0.39, 0.29) is 11.2 Å². The van der Waals surface area contributed by atoms with Crippen LogP contribution in [0.25, 0.3) is 0 Å². The summed E-state index contributed by atoms with van der Waals surface area (Å²) in [5, 5.41) is 0. The summed E-state index contributed by atoms with van der Waals surface area (Å²) in [5.74, 6) is -0.986. The topological polar surface area (TPSA) is 27.7 Å². The van der Waals surface area contributed by atoms with Crippen LogP contribution in [0.4, 0.5) is 13.2 Å². The van der Waals surface area contributed by atoms with Crippen molar-refractivity contribution in [3.8, 4) is 5.75 Å². The third kappa shape index (κ3) is 2.65. The SMILES string of the molecule is CC1(C)OB(c2c(F)cccc2OC(F)F)OC1(C)C. The molecule has 0 atom stereocenters. The number of rotatable bonds is 3. The summed E-state index contributed by atoms with van der Waals surface area (Å²) in [5.41, 5.74) is -1.53. The summed E-state index contributed by atoms with van der Waals surface area (Å²) in [7, 11) is -1.09. The van der Waals surface area contributed by atoms with Gasteiger partial charge in [-0.3, -0.25) is 0 Å². The van der Waals surface area contributed by atoms with Gasteiger partial charge in [-0.1, -0.05) is 6.07 Å². The van der Waals surface area contributed by atoms with Crippen LogP contribution in [0.15, 0.2) is 18.2 Å². The van der Waals surface area contributed by atoms with Crippen LogP contribution >= 0.6 is 0 Å². The van der Waals surface area contributed by atoms with E-state index in [0.29, 0.717) is 0 Å². The highest BCUT2D eigenvalue weighted by Gasteiger charge is 2.53. The molecule has 1 aromatic rings. The van der Waals surface area contributed by atoms with E-state index in [9.17, 15) is 13.2 Å². The summed E-state index contributed by atoms with van der Waals surface area (Å²) >= 11 is 0. The second-order valence-corrected chi connectivity index (χ2v) is 5.62. The maximum Gasteiger partial charge on any atom is 0.501 e. The van der Waals surface area contributed by atoms with Crippen LogP contribution in [0, 0.1) is 5.82 Å². The molecule has 0 N–H and O–H groups in total. The van der Waals surface area contributed by atoms with E-state index < -0.39 is 30.7 Å². The maximum absolute atomic E-state index is 14.0. The van der Waals surface area contributed by atoms with Crippen molar-refractivity contribution in [1.29, 1.82) is 0 Å². The Bertz CT molecular complexity index is 490. The highest BCUT2D eigenvalue weighted by molar-refractivity contribution is 6.63. The predicted octanol–water partition coefficient (Wildman–Crippen LogP) is 2.73. The second kappa shape index (κ2) is 4.97. The Morgan fingerprint density at radius 3 is 2.15 bits per heavy atom. The van der Waals surface area contributed by atoms with Crippen LogP contribution in [0.3, 0.4) is 0 Å². The summed E-state index contributed by atoms with van der Waals surface area (Å²) in [6.07, 6.45) is 0. The lowest BCUT2D eigenvalue weighted by Crippen LogP contribution is -2.41. The minimum Gasteiger partial charge on any atom is -0.435 e. The molecule has 0 radical (unpaired) electrons. The van der Waals surface area contributed by atoms with Gasteiger partial charge < -0.3 is 14.0 Å². The molecule has 3 nitrogen and oxygen atoms in total. The molecular formula is C13H16BF3O3. The monoisotopic (exact) mass is 288 g/mol. The molecule has 1 aliphatic heterocycles. The number of ether oxygens (including phenoxy) is 1. The minimum absolute atomic E-state index is 0.147. The van der Waals surface area contributed by atoms with Gasteiger partial charge in [0.15, 0.2) is 0 Å². The molecule has 0 bridgehead atoms. The lowest BCUT2D eigenvalue weighted by Gasteiger charge is -2.32. The van der Waals surface area contributed by atoms with Crippen molar-refractivity contribution in [3.63, 3.8) is 0 Å². The molecule has 0 spiro atoms. The molecule has 110 valence electrons. The fraction of sp³-hybridized carbons (Fsp3) is 0.538. The van der Waals surface area contributed by atoms with Crippen LogP contribution in [-0.2, 0) is 9.31 Å². The molecule has 1 aliphatic rings. The smallest absolute Gasteiger partial charge is 0.435 e. The van der Waals surface area contributed by atoms with Crippen molar-refractivity contribution < 1.29 is 27.2 Å². The Balaban J connectivity index is 2.39. The molecule has 1 fully saturated rings. The van der Waals surface area contributed by atoms with Crippen molar-refractivity contribution >= 4 is 12.6 Å². The summed E-state index contributed by atoms with van der Waals surface area (Å²) in [6, 6.07) is 3.70. The summed E-state index contributed by atoms with van der Waals surface area (Å²) in [4.78, 5) is 0. The Morgan fingerprint density at radius 1 is 1.10 bits per heavy atom. The average Bonchev–Trinajstić information content (AvgIpc) is 2.46. The number of halogens is 3. The highest BCUT2D eigenvalue weighted by atomic mass is 19.3. The van der Waals surface area contributed by atoms with Crippen LogP contribution in [-0.4, -0.2) is 24.9 Å². The Labute approximate surface area is 116 Å². The lowest BCUT2D eigenvalue weighted by molar-refractivity contribution is -0.0493. The number of benzene rings is 1. The number of hydrogen-bond acceptors (Lipinski definition) is 3. The van der Waals surface area contributed by atoms with Gasteiger partial charge in [-0.25, -0.2) is 4.39 Å². The summed E-state index contributed by atoms with van der Waals surface area (Å²) < 4.78 is 54.4. The van der Waals surface area contributed by atoms with Gasteiger partial charge in [-0.2, -0.15) is 8.78 Å². The Morgan fingerprint density at radius 2 is 1.65 bits per heavy atom. The third-order valence-corrected chi connectivity index (χ3v) is 3.72. The highest BCUT2D eigenvalue weighted by Crippen LogP contribution is 2.37. The largest absolute Gasteiger partial charge is 0.501 e. The van der Waals surface area contributed by atoms with E-state index >= 15 is 0 Å². The first-order chi connectivity index (χ1) is 9.14. The first-order valence-electron chi connectivity index (χ1n) is 6.23. The van der Waals surface area contributed by atoms with Gasteiger partial charge in [0.2, 0.25) is 0 Å². The third-order valence-electron chi connectivity index (χ3n) is 3.72. The fourth-order valence-corrected chi connectivity index (χ4v) is 1.91. The van der Waals surface area contributed by atoms with Crippen LogP contribution in [0.1, 0.15) is 27.7 Å². The normalized spacial score (nSPS) is 20.5. The molecule has 0 amide bonds. The summed E-state index contributed by atoms with van der Waals surface area (Å²) in [6.45, 7) is 4.13. The molecule has 0 aliphatic carbocycles. The molecule has 0 saturated carbocycles. The number of alkyl halides is 2. The lowest BCUT2D eigenvalue weighted by atomic mass is 9.78. The molecule has 2 rings (SSSR count). The van der Waals surface area contributed by atoms with Gasteiger partial charge >= 0.3 is 13.7 Å². The first-order valence-corrected chi connectivity index (χ1v) is 6.23. The molecule has 1 aromatic carbocycles. The maximum atomic E-state index is 14.0. The fourth-order valence-electron chi connectivity index (χ4n) is 1.91. The quantitative estimate of drug-likeness (QED) is 0.800. The average molecular weight is 288 g/mol. The molecule has 0 aromatic heterocycles. The molecule has 7 heteroatoms. The molecule has 0 unspecified atom stereocenters. The van der Waals surface area contributed by atoms with Gasteiger partial charge in [0.05, 0.1) is 16.7 Å². The molecule has 1 heterocycles. The minimum atomic E-state index is -3.04. The van der Waals surface area contributed by atoms with E-state index in [2.05, 4.69) is 4.74 Å². The Hall–Kier alpha value is -1.21. The van der Waals surface area contributed by atoms with E-state index in [4.69, 9.17) is 9.31 Å². The van der Waals surface area contributed by atoms with E-state index in [1.807, 2.05) is 0 Å². The second-order valence-electron chi connectivity index (χ2n) is 5.62. The molecule has 20 heavy (non-hydrogen) atoms. The van der Waals surface area contributed by atoms with Crippen LogP contribution < -0.4 is 10.2 Å². The predicted molar refractivity (Wildman–Crippen MR) is 68.7 cm³/mol. The zero-order valence-electron chi connectivity index (χ0n) is 11.7. The van der Waals surface area contributed by atoms with Gasteiger partial charge in [-0.05, 0) is 39.8 Å². The molecular weight excluding hydrogens is 272 g/mol. The van der Waals surface area contributed by atoms with E-state index in [1.54, 1.807) is 27.7 Å². The van der Waals surface area contributed by atoms with Crippen molar-refractivity contribution in [2.45, 2.75) is 45.5 Å². The first kappa shape index (κ1) is 15.2. The molecule has 1 saturated heterocycles. The zero-order valence-corrected chi connectivity index (χ0v) is 11.7. The van der Waals surface area contributed by atoms with Crippen molar-refractivity contribution in [1.82, 2.24) is 0 Å². The van der Waals surface area contributed by atoms with Crippen LogP contribution in [0.2, 0.25) is 0 Å². The zero-order chi connectivity index (χ0) is 15.1. The van der Waals surface area contributed by atoms with Gasteiger partial charge in [0.1, 0.15) is 11.6 Å². The van der Waals surface area contributed by atoms with E-state index in [0.717, 1.165) is 6.07 Å². The van der Waals surface area contributed by atoms with Gasteiger partial charge in [0, 0.05) is 0 Å². The van der Waals surface area contributed by atoms with Crippen LogP contribution in [0.5, 0.6) is 5.75 Å². The number of hydrogen-bond donors (Lipinski definition) is 0. The van der Waals surface area contributed by atoms with Crippen molar-refractivity contribution in [2.24, 2.45) is 0 Å². The van der Waals surface area contributed by atoms with Crippen molar-refractivity contribution in [2.75, 3.05) is 0 Å². The van der Waals surface area contributed by atoms with E-state index in [1.165, 1.54) is 12.1 Å². The standard InChI is InChI=1S/C13H16BF3O3/c1-12(2)13(3,4)20-14(19-12)10-8(15)6-5-7-9(10)18-11(16)17/h5-7,11H,1-4H3.